The molecule has 1 aromatic rings. The number of esters is 1. The minimum Gasteiger partial charge on any atom is -0.427 e. The molecule has 3 heteroatoms. The molecule has 1 atom stereocenters. The Balaban J connectivity index is 2.78. The minimum atomic E-state index is -0.360. The summed E-state index contributed by atoms with van der Waals surface area (Å²) in [6, 6.07) is 6.65. The summed E-state index contributed by atoms with van der Waals surface area (Å²) < 4.78 is 4.89. The van der Waals surface area contributed by atoms with Crippen molar-refractivity contribution >= 4 is 11.8 Å². The van der Waals surface area contributed by atoms with Crippen LogP contribution in [0.1, 0.15) is 37.6 Å². The zero-order valence-corrected chi connectivity index (χ0v) is 9.82. The van der Waals surface area contributed by atoms with E-state index in [9.17, 15) is 9.59 Å². The number of hydrogen-bond donors (Lipinski definition) is 0. The SMILES string of the molecule is CCC(C)C(=O)c1ccc(OC(C)=O)cc1. The number of carbonyl (C=O) groups excluding carboxylic acids is 2. The predicted molar refractivity (Wildman–Crippen MR) is 61.5 cm³/mol. The van der Waals surface area contributed by atoms with Crippen molar-refractivity contribution < 1.29 is 14.3 Å². The first-order chi connectivity index (χ1) is 7.54. The standard InChI is InChI=1S/C13H16O3/c1-4-9(2)13(15)11-5-7-12(8-6-11)16-10(3)14/h5-9H,4H2,1-3H3. The van der Waals surface area contributed by atoms with Gasteiger partial charge in [-0.3, -0.25) is 9.59 Å². The van der Waals surface area contributed by atoms with Crippen LogP contribution in [0.5, 0.6) is 5.75 Å². The van der Waals surface area contributed by atoms with Crippen LogP contribution >= 0.6 is 0 Å². The second-order valence-electron chi connectivity index (χ2n) is 3.79. The zero-order valence-electron chi connectivity index (χ0n) is 9.82. The van der Waals surface area contributed by atoms with Gasteiger partial charge in [0.1, 0.15) is 5.75 Å². The van der Waals surface area contributed by atoms with Crippen molar-refractivity contribution in [2.75, 3.05) is 0 Å². The Morgan fingerprint density at radius 2 is 1.81 bits per heavy atom. The second kappa shape index (κ2) is 5.45. The summed E-state index contributed by atoms with van der Waals surface area (Å²) in [5.74, 6) is 0.255. The molecule has 0 bridgehead atoms. The molecular weight excluding hydrogens is 204 g/mol. The van der Waals surface area contributed by atoms with Crippen LogP contribution in [-0.2, 0) is 4.79 Å². The Morgan fingerprint density at radius 3 is 2.25 bits per heavy atom. The fraction of sp³-hybridized carbons (Fsp3) is 0.385. The molecule has 0 N–H and O–H groups in total. The quantitative estimate of drug-likeness (QED) is 0.445. The molecule has 0 saturated carbocycles. The van der Waals surface area contributed by atoms with Gasteiger partial charge in [-0.25, -0.2) is 0 Å². The summed E-state index contributed by atoms with van der Waals surface area (Å²) in [5.41, 5.74) is 0.658. The van der Waals surface area contributed by atoms with Crippen molar-refractivity contribution in [3.8, 4) is 5.75 Å². The lowest BCUT2D eigenvalue weighted by molar-refractivity contribution is -0.131. The van der Waals surface area contributed by atoms with E-state index in [4.69, 9.17) is 4.74 Å². The first kappa shape index (κ1) is 12.4. The average molecular weight is 220 g/mol. The van der Waals surface area contributed by atoms with Gasteiger partial charge in [0, 0.05) is 18.4 Å². The topological polar surface area (TPSA) is 43.4 Å². The molecule has 86 valence electrons. The van der Waals surface area contributed by atoms with E-state index in [0.717, 1.165) is 6.42 Å². The third-order valence-corrected chi connectivity index (χ3v) is 2.46. The summed E-state index contributed by atoms with van der Waals surface area (Å²) in [6.07, 6.45) is 0.824. The maximum Gasteiger partial charge on any atom is 0.308 e. The molecule has 0 saturated heterocycles. The van der Waals surface area contributed by atoms with E-state index >= 15 is 0 Å². The average Bonchev–Trinajstić information content (AvgIpc) is 2.27. The first-order valence-corrected chi connectivity index (χ1v) is 5.37. The first-order valence-electron chi connectivity index (χ1n) is 5.37. The highest BCUT2D eigenvalue weighted by Gasteiger charge is 2.12. The third-order valence-electron chi connectivity index (χ3n) is 2.46. The summed E-state index contributed by atoms with van der Waals surface area (Å²) >= 11 is 0. The number of hydrogen-bond acceptors (Lipinski definition) is 3. The Bertz CT molecular complexity index is 379. The van der Waals surface area contributed by atoms with Crippen LogP contribution in [-0.4, -0.2) is 11.8 Å². The van der Waals surface area contributed by atoms with Crippen molar-refractivity contribution in [2.24, 2.45) is 5.92 Å². The number of rotatable bonds is 4. The van der Waals surface area contributed by atoms with E-state index < -0.39 is 0 Å². The molecule has 0 amide bonds. The van der Waals surface area contributed by atoms with Gasteiger partial charge >= 0.3 is 5.97 Å². The fourth-order valence-corrected chi connectivity index (χ4v) is 1.32. The molecule has 0 aliphatic heterocycles. The maximum absolute atomic E-state index is 11.8. The Kier molecular flexibility index (Phi) is 4.23. The highest BCUT2D eigenvalue weighted by molar-refractivity contribution is 5.97. The van der Waals surface area contributed by atoms with Crippen LogP contribution in [0.15, 0.2) is 24.3 Å². The molecule has 1 unspecified atom stereocenters. The summed E-state index contributed by atoms with van der Waals surface area (Å²) in [4.78, 5) is 22.5. The molecule has 0 spiro atoms. The van der Waals surface area contributed by atoms with E-state index in [1.54, 1.807) is 24.3 Å². The number of ketones is 1. The number of ether oxygens (including phenoxy) is 1. The molecule has 0 radical (unpaired) electrons. The highest BCUT2D eigenvalue weighted by Crippen LogP contribution is 2.16. The smallest absolute Gasteiger partial charge is 0.308 e. The van der Waals surface area contributed by atoms with Gasteiger partial charge in [0.25, 0.3) is 0 Å². The van der Waals surface area contributed by atoms with Crippen molar-refractivity contribution in [1.82, 2.24) is 0 Å². The lowest BCUT2D eigenvalue weighted by Gasteiger charge is -2.07. The molecule has 16 heavy (non-hydrogen) atoms. The number of benzene rings is 1. The summed E-state index contributed by atoms with van der Waals surface area (Å²) in [5, 5.41) is 0. The minimum absolute atomic E-state index is 0.0274. The monoisotopic (exact) mass is 220 g/mol. The number of Topliss-reactive ketones (excluding diaryl/α,β-unsaturated/α-hetero) is 1. The Hall–Kier alpha value is -1.64. The predicted octanol–water partition coefficient (Wildman–Crippen LogP) is 2.84. The van der Waals surface area contributed by atoms with E-state index in [-0.39, 0.29) is 17.7 Å². The van der Waals surface area contributed by atoms with Gasteiger partial charge in [0.2, 0.25) is 0 Å². The normalized spacial score (nSPS) is 11.9. The molecule has 0 heterocycles. The molecule has 1 rings (SSSR count). The van der Waals surface area contributed by atoms with E-state index in [2.05, 4.69) is 0 Å². The lowest BCUT2D eigenvalue weighted by Crippen LogP contribution is -2.10. The summed E-state index contributed by atoms with van der Waals surface area (Å²) in [7, 11) is 0. The molecule has 0 aromatic heterocycles. The van der Waals surface area contributed by atoms with Crippen LogP contribution in [0.4, 0.5) is 0 Å². The zero-order chi connectivity index (χ0) is 12.1. The fourth-order valence-electron chi connectivity index (χ4n) is 1.32. The van der Waals surface area contributed by atoms with Crippen molar-refractivity contribution in [3.63, 3.8) is 0 Å². The third kappa shape index (κ3) is 3.19. The van der Waals surface area contributed by atoms with Crippen LogP contribution < -0.4 is 4.74 Å². The van der Waals surface area contributed by atoms with Gasteiger partial charge in [-0.1, -0.05) is 13.8 Å². The van der Waals surface area contributed by atoms with Gasteiger partial charge in [-0.2, -0.15) is 0 Å². The van der Waals surface area contributed by atoms with Crippen LogP contribution in [0.3, 0.4) is 0 Å². The molecule has 0 aliphatic rings. The summed E-state index contributed by atoms with van der Waals surface area (Å²) in [6.45, 7) is 5.23. The molecule has 3 nitrogen and oxygen atoms in total. The van der Waals surface area contributed by atoms with Gasteiger partial charge in [0.15, 0.2) is 5.78 Å². The molecular formula is C13H16O3. The highest BCUT2D eigenvalue weighted by atomic mass is 16.5. The van der Waals surface area contributed by atoms with Gasteiger partial charge in [-0.15, -0.1) is 0 Å². The van der Waals surface area contributed by atoms with E-state index in [1.807, 2.05) is 13.8 Å². The van der Waals surface area contributed by atoms with Crippen LogP contribution in [0.25, 0.3) is 0 Å². The number of carbonyl (C=O) groups is 2. The molecule has 1 aromatic carbocycles. The van der Waals surface area contributed by atoms with Crippen molar-refractivity contribution in [1.29, 1.82) is 0 Å². The Labute approximate surface area is 95.4 Å². The van der Waals surface area contributed by atoms with E-state index in [1.165, 1.54) is 6.92 Å². The molecule has 0 aliphatic carbocycles. The molecule has 0 fully saturated rings. The second-order valence-corrected chi connectivity index (χ2v) is 3.79. The Morgan fingerprint density at radius 1 is 1.25 bits per heavy atom. The van der Waals surface area contributed by atoms with Crippen LogP contribution in [0, 0.1) is 5.92 Å². The van der Waals surface area contributed by atoms with Gasteiger partial charge in [0.05, 0.1) is 0 Å². The van der Waals surface area contributed by atoms with Crippen LogP contribution in [0.2, 0.25) is 0 Å². The maximum atomic E-state index is 11.8. The van der Waals surface area contributed by atoms with E-state index in [0.29, 0.717) is 11.3 Å². The van der Waals surface area contributed by atoms with Crippen molar-refractivity contribution in [2.45, 2.75) is 27.2 Å². The largest absolute Gasteiger partial charge is 0.427 e. The van der Waals surface area contributed by atoms with Gasteiger partial charge < -0.3 is 4.74 Å². The lowest BCUT2D eigenvalue weighted by atomic mass is 9.97. The van der Waals surface area contributed by atoms with Gasteiger partial charge in [-0.05, 0) is 30.7 Å². The van der Waals surface area contributed by atoms with Crippen molar-refractivity contribution in [3.05, 3.63) is 29.8 Å².